The zero-order valence-corrected chi connectivity index (χ0v) is 20.6. The van der Waals surface area contributed by atoms with Crippen molar-refractivity contribution >= 4 is 28.8 Å². The molecule has 1 aliphatic heterocycles. The molecule has 0 aliphatic carbocycles. The number of piperidine rings is 1. The normalized spacial score (nSPS) is 14.8. The minimum atomic E-state index is -0.0483. The van der Waals surface area contributed by atoms with Crippen molar-refractivity contribution in [3.05, 3.63) is 63.6 Å². The molecular weight excluding hydrogens is 458 g/mol. The van der Waals surface area contributed by atoms with Crippen LogP contribution in [0, 0.1) is 6.92 Å². The van der Waals surface area contributed by atoms with Gasteiger partial charge in [-0.2, -0.15) is 0 Å². The van der Waals surface area contributed by atoms with Crippen LogP contribution in [0.4, 0.5) is 0 Å². The number of amides is 1. The molecule has 0 unspecified atom stereocenters. The Hall–Kier alpha value is -2.61. The molecule has 33 heavy (non-hydrogen) atoms. The number of benzene rings is 2. The Kier molecular flexibility index (Phi) is 7.53. The van der Waals surface area contributed by atoms with E-state index in [1.54, 1.807) is 14.2 Å². The Morgan fingerprint density at radius 2 is 1.82 bits per heavy atom. The summed E-state index contributed by atoms with van der Waals surface area (Å²) in [7, 11) is 3.21. The minimum absolute atomic E-state index is 0.0483. The fourth-order valence-electron chi connectivity index (χ4n) is 4.03. The minimum Gasteiger partial charge on any atom is -0.493 e. The zero-order valence-electron chi connectivity index (χ0n) is 19.1. The number of halogens is 1. The molecule has 1 N–H and O–H groups in total. The SMILES string of the molecule is COc1ccc(-c2nc(C)c(C(=O)NC3CCN(Cc4ccc(Cl)cc4)CC3)s2)cc1OC. The maximum absolute atomic E-state index is 13.0. The van der Waals surface area contributed by atoms with Gasteiger partial charge >= 0.3 is 0 Å². The standard InChI is InChI=1S/C25H28ClN3O3S/c1-16-23(33-25(27-16)18-6-9-21(31-2)22(14-18)32-3)24(30)28-20-10-12-29(13-11-20)15-17-4-7-19(26)8-5-17/h4-9,14,20H,10-13,15H2,1-3H3,(H,28,30). The number of methoxy groups -OCH3 is 2. The molecule has 6 nitrogen and oxygen atoms in total. The summed E-state index contributed by atoms with van der Waals surface area (Å²) in [6.45, 7) is 4.68. The predicted octanol–water partition coefficient (Wildman–Crippen LogP) is 5.18. The Bertz CT molecular complexity index is 1110. The lowest BCUT2D eigenvalue weighted by molar-refractivity contribution is 0.0912. The Balaban J connectivity index is 1.36. The lowest BCUT2D eigenvalue weighted by atomic mass is 10.0. The fraction of sp³-hybridized carbons (Fsp3) is 0.360. The maximum atomic E-state index is 13.0. The summed E-state index contributed by atoms with van der Waals surface area (Å²) in [4.78, 5) is 20.7. The molecule has 4 rings (SSSR count). The van der Waals surface area contributed by atoms with Crippen LogP contribution < -0.4 is 14.8 Å². The molecule has 1 amide bonds. The Morgan fingerprint density at radius 3 is 2.48 bits per heavy atom. The van der Waals surface area contributed by atoms with Crippen LogP contribution >= 0.6 is 22.9 Å². The highest BCUT2D eigenvalue weighted by Crippen LogP contribution is 2.35. The van der Waals surface area contributed by atoms with E-state index in [9.17, 15) is 4.79 Å². The molecule has 8 heteroatoms. The van der Waals surface area contributed by atoms with Crippen molar-refractivity contribution in [2.24, 2.45) is 0 Å². The molecule has 174 valence electrons. The number of aryl methyl sites for hydroxylation is 1. The van der Waals surface area contributed by atoms with Gasteiger partial charge in [0, 0.05) is 36.3 Å². The fourth-order valence-corrected chi connectivity index (χ4v) is 5.13. The van der Waals surface area contributed by atoms with Crippen LogP contribution in [0.1, 0.15) is 33.8 Å². The average Bonchev–Trinajstić information content (AvgIpc) is 3.23. The quantitative estimate of drug-likeness (QED) is 0.499. The number of aromatic nitrogens is 1. The van der Waals surface area contributed by atoms with Gasteiger partial charge in [0.15, 0.2) is 11.5 Å². The number of ether oxygens (including phenoxy) is 2. The predicted molar refractivity (Wildman–Crippen MR) is 133 cm³/mol. The molecule has 1 aromatic heterocycles. The first-order chi connectivity index (χ1) is 16.0. The van der Waals surface area contributed by atoms with E-state index in [1.165, 1.54) is 16.9 Å². The van der Waals surface area contributed by atoms with Crippen LogP contribution in [0.5, 0.6) is 11.5 Å². The summed E-state index contributed by atoms with van der Waals surface area (Å²) in [5, 5.41) is 4.76. The van der Waals surface area contributed by atoms with Crippen LogP contribution in [-0.2, 0) is 6.54 Å². The van der Waals surface area contributed by atoms with Gasteiger partial charge in [-0.25, -0.2) is 4.98 Å². The van der Waals surface area contributed by atoms with Crippen molar-refractivity contribution in [1.29, 1.82) is 0 Å². The summed E-state index contributed by atoms with van der Waals surface area (Å²) in [6.07, 6.45) is 1.86. The molecule has 0 bridgehead atoms. The van der Waals surface area contributed by atoms with Gasteiger partial charge in [-0.1, -0.05) is 23.7 Å². The summed E-state index contributed by atoms with van der Waals surface area (Å²) < 4.78 is 10.7. The maximum Gasteiger partial charge on any atom is 0.263 e. The van der Waals surface area contributed by atoms with Gasteiger partial charge in [0.2, 0.25) is 0 Å². The first-order valence-electron chi connectivity index (χ1n) is 10.9. The smallest absolute Gasteiger partial charge is 0.263 e. The molecular formula is C25H28ClN3O3S. The van der Waals surface area contributed by atoms with Crippen LogP contribution in [0.25, 0.3) is 10.6 Å². The van der Waals surface area contributed by atoms with Crippen LogP contribution in [-0.4, -0.2) is 49.1 Å². The lowest BCUT2D eigenvalue weighted by Crippen LogP contribution is -2.44. The Labute approximate surface area is 203 Å². The van der Waals surface area contributed by atoms with Gasteiger partial charge < -0.3 is 14.8 Å². The third kappa shape index (κ3) is 5.66. The van der Waals surface area contributed by atoms with Gasteiger partial charge in [-0.05, 0) is 55.7 Å². The summed E-state index contributed by atoms with van der Waals surface area (Å²) in [5.74, 6) is 1.25. The molecule has 0 spiro atoms. The Morgan fingerprint density at radius 1 is 1.12 bits per heavy atom. The van der Waals surface area contributed by atoms with Gasteiger partial charge in [0.05, 0.1) is 19.9 Å². The molecule has 2 heterocycles. The number of carbonyl (C=O) groups excluding carboxylic acids is 1. The number of likely N-dealkylation sites (tertiary alicyclic amines) is 1. The van der Waals surface area contributed by atoms with E-state index in [0.29, 0.717) is 16.4 Å². The average molecular weight is 486 g/mol. The number of hydrogen-bond donors (Lipinski definition) is 1. The number of rotatable bonds is 7. The summed E-state index contributed by atoms with van der Waals surface area (Å²) in [6, 6.07) is 13.8. The molecule has 0 radical (unpaired) electrons. The monoisotopic (exact) mass is 485 g/mol. The van der Waals surface area contributed by atoms with Crippen LogP contribution in [0.2, 0.25) is 5.02 Å². The third-order valence-corrected chi connectivity index (χ3v) is 7.33. The first-order valence-corrected chi connectivity index (χ1v) is 12.1. The number of hydrogen-bond acceptors (Lipinski definition) is 6. The van der Waals surface area contributed by atoms with E-state index in [4.69, 9.17) is 21.1 Å². The highest BCUT2D eigenvalue weighted by atomic mass is 35.5. The van der Waals surface area contributed by atoms with Crippen molar-refractivity contribution < 1.29 is 14.3 Å². The van der Waals surface area contributed by atoms with E-state index in [2.05, 4.69) is 27.3 Å². The molecule has 1 aliphatic rings. The third-order valence-electron chi connectivity index (χ3n) is 5.88. The lowest BCUT2D eigenvalue weighted by Gasteiger charge is -2.32. The van der Waals surface area contributed by atoms with E-state index >= 15 is 0 Å². The molecule has 2 aromatic carbocycles. The summed E-state index contributed by atoms with van der Waals surface area (Å²) >= 11 is 7.38. The van der Waals surface area contributed by atoms with Crippen molar-refractivity contribution in [3.63, 3.8) is 0 Å². The molecule has 3 aromatic rings. The molecule has 0 saturated carbocycles. The second-order valence-electron chi connectivity index (χ2n) is 8.15. The first kappa shape index (κ1) is 23.5. The van der Waals surface area contributed by atoms with E-state index < -0.39 is 0 Å². The van der Waals surface area contributed by atoms with Crippen molar-refractivity contribution in [2.45, 2.75) is 32.4 Å². The number of carbonyl (C=O) groups is 1. The van der Waals surface area contributed by atoms with Crippen molar-refractivity contribution in [1.82, 2.24) is 15.2 Å². The molecule has 1 fully saturated rings. The highest BCUT2D eigenvalue weighted by molar-refractivity contribution is 7.17. The molecule has 0 atom stereocenters. The van der Waals surface area contributed by atoms with Gasteiger partial charge in [0.25, 0.3) is 5.91 Å². The highest BCUT2D eigenvalue weighted by Gasteiger charge is 2.24. The number of nitrogens with one attached hydrogen (secondary N) is 1. The summed E-state index contributed by atoms with van der Waals surface area (Å²) in [5.41, 5.74) is 2.89. The largest absolute Gasteiger partial charge is 0.493 e. The van der Waals surface area contributed by atoms with E-state index in [1.807, 2.05) is 37.3 Å². The van der Waals surface area contributed by atoms with E-state index in [0.717, 1.165) is 53.8 Å². The van der Waals surface area contributed by atoms with Gasteiger partial charge in [-0.3, -0.25) is 9.69 Å². The molecule has 1 saturated heterocycles. The van der Waals surface area contributed by atoms with Gasteiger partial charge in [0.1, 0.15) is 9.88 Å². The zero-order chi connectivity index (χ0) is 23.4. The van der Waals surface area contributed by atoms with Crippen LogP contribution in [0.3, 0.4) is 0 Å². The number of thiazole rings is 1. The second-order valence-corrected chi connectivity index (χ2v) is 9.59. The van der Waals surface area contributed by atoms with E-state index in [-0.39, 0.29) is 11.9 Å². The topological polar surface area (TPSA) is 63.7 Å². The second kappa shape index (κ2) is 10.5. The van der Waals surface area contributed by atoms with Crippen molar-refractivity contribution in [2.75, 3.05) is 27.3 Å². The van der Waals surface area contributed by atoms with Crippen molar-refractivity contribution in [3.8, 4) is 22.1 Å². The number of nitrogens with zero attached hydrogens (tertiary/aromatic N) is 2. The van der Waals surface area contributed by atoms with Gasteiger partial charge in [-0.15, -0.1) is 11.3 Å². The van der Waals surface area contributed by atoms with Crippen LogP contribution in [0.15, 0.2) is 42.5 Å².